The molecule has 188 valence electrons. The number of nitrogens with zero attached hydrogens (tertiary/aromatic N) is 2. The largest absolute Gasteiger partial charge is 0.508 e. The Morgan fingerprint density at radius 1 is 1.17 bits per heavy atom. The van der Waals surface area contributed by atoms with Gasteiger partial charge in [-0.15, -0.1) is 0 Å². The number of piperidine rings is 1. The van der Waals surface area contributed by atoms with E-state index in [1.165, 1.54) is 11.1 Å². The topological polar surface area (TPSA) is 117 Å². The molecule has 2 aromatic carbocycles. The molecule has 1 saturated carbocycles. The van der Waals surface area contributed by atoms with Gasteiger partial charge in [-0.2, -0.15) is 0 Å². The second kappa shape index (κ2) is 11.1. The van der Waals surface area contributed by atoms with Gasteiger partial charge < -0.3 is 21.9 Å². The fourth-order valence-corrected chi connectivity index (χ4v) is 6.18. The second-order valence-electron chi connectivity index (χ2n) is 10.3. The Morgan fingerprint density at radius 2 is 1.97 bits per heavy atom. The number of benzene rings is 2. The molecule has 7 nitrogen and oxygen atoms in total. The molecule has 2 aromatic rings. The summed E-state index contributed by atoms with van der Waals surface area (Å²) in [5, 5.41) is 13.6. The van der Waals surface area contributed by atoms with Crippen molar-refractivity contribution in [3.63, 3.8) is 0 Å². The van der Waals surface area contributed by atoms with Crippen molar-refractivity contribution in [1.29, 1.82) is 0 Å². The highest BCUT2D eigenvalue weighted by Gasteiger charge is 2.51. The third-order valence-corrected chi connectivity index (χ3v) is 7.91. The maximum absolute atomic E-state index is 12.8. The fraction of sp³-hybridized carbons (Fsp3) is 0.500. The molecule has 2 fully saturated rings. The van der Waals surface area contributed by atoms with Crippen molar-refractivity contribution in [2.75, 3.05) is 19.6 Å². The minimum Gasteiger partial charge on any atom is -0.508 e. The first-order valence-electron chi connectivity index (χ1n) is 12.8. The van der Waals surface area contributed by atoms with E-state index in [0.717, 1.165) is 38.8 Å². The molecule has 2 bridgehead atoms. The Hall–Kier alpha value is -3.06. The molecular weight excluding hydrogens is 438 g/mol. The minimum atomic E-state index is -0.0683. The number of nitrogens with two attached hydrogens (primary N) is 2. The molecule has 2 aliphatic rings. The van der Waals surface area contributed by atoms with Gasteiger partial charge in [0, 0.05) is 43.6 Å². The molecule has 1 aliphatic carbocycles. The predicted octanol–water partition coefficient (Wildman–Crippen LogP) is 2.92. The Morgan fingerprint density at radius 3 is 2.71 bits per heavy atom. The summed E-state index contributed by atoms with van der Waals surface area (Å²) in [4.78, 5) is 19.4. The molecule has 1 amide bonds. The van der Waals surface area contributed by atoms with E-state index in [4.69, 9.17) is 11.5 Å². The Labute approximate surface area is 208 Å². The molecule has 0 unspecified atom stereocenters. The summed E-state index contributed by atoms with van der Waals surface area (Å²) in [5.74, 6) is 0.814. The average Bonchev–Trinajstić information content (AvgIpc) is 2.84. The lowest BCUT2D eigenvalue weighted by molar-refractivity contribution is -0.123. The molecule has 1 aliphatic heterocycles. The second-order valence-corrected chi connectivity index (χ2v) is 10.3. The van der Waals surface area contributed by atoms with Gasteiger partial charge in [-0.05, 0) is 61.3 Å². The lowest BCUT2D eigenvalue weighted by Crippen LogP contribution is -2.61. The summed E-state index contributed by atoms with van der Waals surface area (Å²) in [7, 11) is 0. The number of amides is 1. The number of carbonyl (C=O) groups excluding carboxylic acids is 1. The van der Waals surface area contributed by atoms with Crippen molar-refractivity contribution in [1.82, 2.24) is 10.2 Å². The van der Waals surface area contributed by atoms with Crippen LogP contribution in [-0.2, 0) is 16.6 Å². The van der Waals surface area contributed by atoms with Crippen LogP contribution in [0, 0.1) is 5.92 Å². The molecule has 1 heterocycles. The summed E-state index contributed by atoms with van der Waals surface area (Å²) in [6.45, 7) is 4.82. The van der Waals surface area contributed by atoms with Gasteiger partial charge in [0.15, 0.2) is 5.96 Å². The van der Waals surface area contributed by atoms with Crippen LogP contribution in [0.5, 0.6) is 5.75 Å². The van der Waals surface area contributed by atoms with E-state index >= 15 is 0 Å². The van der Waals surface area contributed by atoms with Crippen LogP contribution in [0.25, 0.3) is 0 Å². The number of aliphatic imine (C=N–C) groups is 1. The highest BCUT2D eigenvalue weighted by atomic mass is 16.3. The van der Waals surface area contributed by atoms with Crippen LogP contribution in [0.4, 0.5) is 0 Å². The van der Waals surface area contributed by atoms with Crippen LogP contribution in [0.1, 0.15) is 50.2 Å². The number of guanidine groups is 1. The first-order chi connectivity index (χ1) is 16.9. The van der Waals surface area contributed by atoms with Crippen LogP contribution in [-0.4, -0.2) is 53.6 Å². The fourth-order valence-electron chi connectivity index (χ4n) is 6.18. The van der Waals surface area contributed by atoms with Gasteiger partial charge in [0.05, 0.1) is 0 Å². The zero-order valence-corrected chi connectivity index (χ0v) is 20.7. The molecular formula is C28H39N5O2. The normalized spacial score (nSPS) is 26.1. The zero-order valence-electron chi connectivity index (χ0n) is 20.7. The van der Waals surface area contributed by atoms with Gasteiger partial charge in [-0.3, -0.25) is 14.7 Å². The van der Waals surface area contributed by atoms with Crippen molar-refractivity contribution >= 4 is 11.9 Å². The summed E-state index contributed by atoms with van der Waals surface area (Å²) in [6.07, 6.45) is 4.93. The Balaban J connectivity index is 1.50. The molecule has 0 radical (unpaired) electrons. The van der Waals surface area contributed by atoms with Gasteiger partial charge >= 0.3 is 0 Å². The number of fused-ring (bicyclic) bond motifs is 2. The van der Waals surface area contributed by atoms with Crippen LogP contribution in [0.2, 0.25) is 0 Å². The Kier molecular flexibility index (Phi) is 7.96. The zero-order chi connectivity index (χ0) is 24.8. The number of carbonyl (C=O) groups is 1. The van der Waals surface area contributed by atoms with Crippen molar-refractivity contribution < 1.29 is 9.90 Å². The summed E-state index contributed by atoms with van der Waals surface area (Å²) >= 11 is 0. The van der Waals surface area contributed by atoms with E-state index in [-0.39, 0.29) is 23.3 Å². The van der Waals surface area contributed by atoms with Gasteiger partial charge in [-0.1, -0.05) is 49.4 Å². The van der Waals surface area contributed by atoms with Gasteiger partial charge in [-0.25, -0.2) is 0 Å². The molecule has 4 rings (SSSR count). The van der Waals surface area contributed by atoms with Crippen molar-refractivity contribution in [3.8, 4) is 5.75 Å². The smallest absolute Gasteiger partial charge is 0.220 e. The molecule has 0 spiro atoms. The molecule has 6 N–H and O–H groups in total. The minimum absolute atomic E-state index is 0.0512. The van der Waals surface area contributed by atoms with Gasteiger partial charge in [0.25, 0.3) is 0 Å². The van der Waals surface area contributed by atoms with Crippen molar-refractivity contribution in [2.24, 2.45) is 22.4 Å². The molecule has 4 atom stereocenters. The monoisotopic (exact) mass is 477 g/mol. The Bertz CT molecular complexity index is 1020. The van der Waals surface area contributed by atoms with Crippen LogP contribution >= 0.6 is 0 Å². The number of phenols is 1. The molecule has 0 aromatic heterocycles. The standard InChI is InChI=1S/C28H39N5O2/c1-20-19-33(14-12-21-7-3-2-4-8-21)24-16-23(32-26(35)11-6-13-31-27(29)30)17-28(20,18-24)22-9-5-10-25(34)15-22/h2-5,7-10,15,20,23-24,34H,6,11-14,16-19H2,1H3,(H,32,35)(H4,29,30,31)/t20-,23-,24+,28+/m1/s1. The highest BCUT2D eigenvalue weighted by Crippen LogP contribution is 2.50. The number of phenolic OH excluding ortho intramolecular Hbond substituents is 1. The maximum Gasteiger partial charge on any atom is 0.220 e. The van der Waals surface area contributed by atoms with E-state index in [9.17, 15) is 9.90 Å². The van der Waals surface area contributed by atoms with E-state index in [1.807, 2.05) is 12.1 Å². The summed E-state index contributed by atoms with van der Waals surface area (Å²) < 4.78 is 0. The molecule has 1 saturated heterocycles. The third-order valence-electron chi connectivity index (χ3n) is 7.91. The average molecular weight is 478 g/mol. The van der Waals surface area contributed by atoms with Gasteiger partial charge in [0.2, 0.25) is 5.91 Å². The number of nitrogens with one attached hydrogen (secondary N) is 1. The lowest BCUT2D eigenvalue weighted by atomic mass is 9.57. The highest BCUT2D eigenvalue weighted by molar-refractivity contribution is 5.77. The number of aromatic hydroxyl groups is 1. The van der Waals surface area contributed by atoms with Crippen LogP contribution < -0.4 is 16.8 Å². The lowest BCUT2D eigenvalue weighted by Gasteiger charge is -2.56. The first-order valence-corrected chi connectivity index (χ1v) is 12.8. The van der Waals surface area contributed by atoms with Crippen LogP contribution in [0.15, 0.2) is 59.6 Å². The van der Waals surface area contributed by atoms with Gasteiger partial charge in [0.1, 0.15) is 5.75 Å². The van der Waals surface area contributed by atoms with E-state index < -0.39 is 0 Å². The number of hydrogen-bond acceptors (Lipinski definition) is 4. The number of likely N-dealkylation sites (tertiary alicyclic amines) is 1. The van der Waals surface area contributed by atoms with Crippen LogP contribution in [0.3, 0.4) is 0 Å². The predicted molar refractivity (Wildman–Crippen MR) is 140 cm³/mol. The summed E-state index contributed by atoms with van der Waals surface area (Å²) in [6, 6.07) is 18.9. The van der Waals surface area contributed by atoms with E-state index in [2.05, 4.69) is 58.5 Å². The first kappa shape index (κ1) is 25.0. The van der Waals surface area contributed by atoms with Crippen molar-refractivity contribution in [2.45, 2.75) is 62.9 Å². The maximum atomic E-state index is 12.8. The third kappa shape index (κ3) is 6.14. The SMILES string of the molecule is C[C@@H]1CN(CCc2ccccc2)[C@H]2C[C@@H](NC(=O)CCCN=C(N)N)C[C@]1(c1cccc(O)c1)C2. The number of rotatable bonds is 9. The molecule has 35 heavy (non-hydrogen) atoms. The van der Waals surface area contributed by atoms with E-state index in [1.54, 1.807) is 6.07 Å². The van der Waals surface area contributed by atoms with Crippen molar-refractivity contribution in [3.05, 3.63) is 65.7 Å². The quantitative estimate of drug-likeness (QED) is 0.252. The molecule has 7 heteroatoms. The van der Waals surface area contributed by atoms with E-state index in [0.29, 0.717) is 37.1 Å². The summed E-state index contributed by atoms with van der Waals surface area (Å²) in [5.41, 5.74) is 13.2. The number of hydrogen-bond donors (Lipinski definition) is 4.